The molecule has 0 spiro atoms. The fourth-order valence-corrected chi connectivity index (χ4v) is 3.41. The molecule has 1 amide bonds. The fourth-order valence-electron chi connectivity index (χ4n) is 3.41. The van der Waals surface area contributed by atoms with Gasteiger partial charge in [-0.2, -0.15) is 13.2 Å². The Morgan fingerprint density at radius 1 is 1.14 bits per heavy atom. The van der Waals surface area contributed by atoms with Crippen LogP contribution in [0.5, 0.6) is 0 Å². The first-order valence-corrected chi connectivity index (χ1v) is 9.63. The Morgan fingerprint density at radius 2 is 1.93 bits per heavy atom. The van der Waals surface area contributed by atoms with Gasteiger partial charge in [-0.25, -0.2) is 0 Å². The van der Waals surface area contributed by atoms with Crippen LogP contribution in [0.3, 0.4) is 0 Å². The number of nitrogens with one attached hydrogen (secondary N) is 1. The SMILES string of the molecule is O=C(NC[C@H]1CCCN(CC#Cc2ccccc2)C1)c1cccc(C(F)(F)F)c1. The number of hydrogen-bond donors (Lipinski definition) is 1. The van der Waals surface area contributed by atoms with Crippen molar-refractivity contribution in [2.45, 2.75) is 19.0 Å². The highest BCUT2D eigenvalue weighted by Crippen LogP contribution is 2.29. The zero-order valence-corrected chi connectivity index (χ0v) is 16.0. The Kier molecular flexibility index (Phi) is 6.95. The van der Waals surface area contributed by atoms with Crippen molar-refractivity contribution in [2.75, 3.05) is 26.2 Å². The second kappa shape index (κ2) is 9.62. The van der Waals surface area contributed by atoms with E-state index in [1.54, 1.807) is 0 Å². The smallest absolute Gasteiger partial charge is 0.352 e. The van der Waals surface area contributed by atoms with E-state index < -0.39 is 17.6 Å². The number of benzene rings is 2. The van der Waals surface area contributed by atoms with E-state index in [9.17, 15) is 18.0 Å². The van der Waals surface area contributed by atoms with Gasteiger partial charge >= 0.3 is 6.18 Å². The van der Waals surface area contributed by atoms with Crippen molar-refractivity contribution in [3.8, 4) is 11.8 Å². The number of nitrogens with zero attached hydrogens (tertiary/aromatic N) is 1. The third kappa shape index (κ3) is 6.37. The number of carbonyl (C=O) groups excluding carboxylic acids is 1. The molecule has 3 nitrogen and oxygen atoms in total. The van der Waals surface area contributed by atoms with Gasteiger partial charge in [0.15, 0.2) is 0 Å². The molecule has 1 atom stereocenters. The summed E-state index contributed by atoms with van der Waals surface area (Å²) in [5.41, 5.74) is 0.196. The van der Waals surface area contributed by atoms with Gasteiger partial charge in [-0.15, -0.1) is 0 Å². The second-order valence-corrected chi connectivity index (χ2v) is 7.20. The zero-order chi connectivity index (χ0) is 20.7. The lowest BCUT2D eigenvalue weighted by molar-refractivity contribution is -0.137. The predicted octanol–water partition coefficient (Wildman–Crippen LogP) is 4.20. The minimum absolute atomic E-state index is 0.0289. The van der Waals surface area contributed by atoms with Crippen molar-refractivity contribution in [2.24, 2.45) is 5.92 Å². The lowest BCUT2D eigenvalue weighted by Gasteiger charge is -2.31. The normalized spacial score (nSPS) is 17.3. The number of amides is 1. The number of carbonyl (C=O) groups is 1. The third-order valence-electron chi connectivity index (χ3n) is 4.92. The summed E-state index contributed by atoms with van der Waals surface area (Å²) in [5, 5.41) is 2.78. The molecule has 0 saturated carbocycles. The molecule has 0 radical (unpaired) electrons. The van der Waals surface area contributed by atoms with Crippen LogP contribution in [0.1, 0.15) is 34.3 Å². The molecule has 29 heavy (non-hydrogen) atoms. The third-order valence-corrected chi connectivity index (χ3v) is 4.92. The number of likely N-dealkylation sites (tertiary alicyclic amines) is 1. The van der Waals surface area contributed by atoms with Crippen LogP contribution < -0.4 is 5.32 Å². The molecule has 1 saturated heterocycles. The lowest BCUT2D eigenvalue weighted by atomic mass is 9.98. The molecule has 0 unspecified atom stereocenters. The van der Waals surface area contributed by atoms with E-state index in [0.717, 1.165) is 43.6 Å². The molecule has 1 heterocycles. The van der Waals surface area contributed by atoms with Gasteiger partial charge in [0.1, 0.15) is 0 Å². The molecule has 2 aromatic carbocycles. The van der Waals surface area contributed by atoms with Crippen LogP contribution in [0.4, 0.5) is 13.2 Å². The van der Waals surface area contributed by atoms with Crippen molar-refractivity contribution >= 4 is 5.91 Å². The van der Waals surface area contributed by atoms with Gasteiger partial charge in [-0.3, -0.25) is 9.69 Å². The van der Waals surface area contributed by atoms with Crippen LogP contribution in [-0.2, 0) is 6.18 Å². The molecule has 1 aliphatic heterocycles. The minimum Gasteiger partial charge on any atom is -0.352 e. The maximum Gasteiger partial charge on any atom is 0.416 e. The molecule has 6 heteroatoms. The van der Waals surface area contributed by atoms with Crippen molar-refractivity contribution in [1.29, 1.82) is 0 Å². The molecule has 0 aromatic heterocycles. The molecule has 0 bridgehead atoms. The molecule has 1 aliphatic rings. The predicted molar refractivity (Wildman–Crippen MR) is 106 cm³/mol. The van der Waals surface area contributed by atoms with E-state index in [0.29, 0.717) is 13.1 Å². The van der Waals surface area contributed by atoms with Crippen molar-refractivity contribution in [1.82, 2.24) is 10.2 Å². The Morgan fingerprint density at radius 3 is 2.69 bits per heavy atom. The summed E-state index contributed by atoms with van der Waals surface area (Å²) in [6.07, 6.45) is -2.47. The van der Waals surface area contributed by atoms with Crippen molar-refractivity contribution < 1.29 is 18.0 Å². The Balaban J connectivity index is 1.49. The van der Waals surface area contributed by atoms with Gasteiger partial charge in [-0.05, 0) is 55.6 Å². The van der Waals surface area contributed by atoms with Crippen LogP contribution in [0.2, 0.25) is 0 Å². The standard InChI is InChI=1S/C23H23F3N2O/c24-23(25,26)21-12-4-11-20(15-21)22(29)27-16-19-10-6-14-28(17-19)13-5-9-18-7-2-1-3-8-18/h1-4,7-8,11-12,15,19H,6,10,13-14,16-17H2,(H,27,29)/t19-/m1/s1. The van der Waals surface area contributed by atoms with E-state index in [2.05, 4.69) is 22.1 Å². The van der Waals surface area contributed by atoms with Gasteiger partial charge in [0.05, 0.1) is 12.1 Å². The largest absolute Gasteiger partial charge is 0.416 e. The topological polar surface area (TPSA) is 32.3 Å². The van der Waals surface area contributed by atoms with Crippen LogP contribution in [0, 0.1) is 17.8 Å². The summed E-state index contributed by atoms with van der Waals surface area (Å²) in [7, 11) is 0. The molecule has 3 rings (SSSR count). The molecular weight excluding hydrogens is 377 g/mol. The summed E-state index contributed by atoms with van der Waals surface area (Å²) < 4.78 is 38.4. The average molecular weight is 400 g/mol. The van der Waals surface area contributed by atoms with Crippen molar-refractivity contribution in [3.63, 3.8) is 0 Å². The summed E-state index contributed by atoms with van der Waals surface area (Å²) >= 11 is 0. The summed E-state index contributed by atoms with van der Waals surface area (Å²) in [5.74, 6) is 6.11. The molecule has 152 valence electrons. The highest BCUT2D eigenvalue weighted by atomic mass is 19.4. The maximum atomic E-state index is 12.8. The summed E-state index contributed by atoms with van der Waals surface area (Å²) in [4.78, 5) is 14.5. The van der Waals surface area contributed by atoms with Crippen LogP contribution in [0.25, 0.3) is 0 Å². The summed E-state index contributed by atoms with van der Waals surface area (Å²) in [6, 6.07) is 14.3. The van der Waals surface area contributed by atoms with E-state index in [1.807, 2.05) is 30.3 Å². The van der Waals surface area contributed by atoms with Gasteiger partial charge in [0, 0.05) is 24.2 Å². The van der Waals surface area contributed by atoms with Crippen molar-refractivity contribution in [3.05, 3.63) is 71.3 Å². The monoisotopic (exact) mass is 400 g/mol. The van der Waals surface area contributed by atoms with E-state index >= 15 is 0 Å². The van der Waals surface area contributed by atoms with E-state index in [1.165, 1.54) is 12.1 Å². The summed E-state index contributed by atoms with van der Waals surface area (Å²) in [6.45, 7) is 2.87. The molecule has 2 aromatic rings. The number of piperidine rings is 1. The molecular formula is C23H23F3N2O. The van der Waals surface area contributed by atoms with Gasteiger partial charge in [-0.1, -0.05) is 36.1 Å². The quantitative estimate of drug-likeness (QED) is 0.781. The van der Waals surface area contributed by atoms with Crippen LogP contribution in [-0.4, -0.2) is 37.0 Å². The van der Waals surface area contributed by atoms with Crippen LogP contribution >= 0.6 is 0 Å². The number of alkyl halides is 3. The van der Waals surface area contributed by atoms with Gasteiger partial charge in [0.25, 0.3) is 5.91 Å². The Labute approximate surface area is 168 Å². The Hall–Kier alpha value is -2.78. The number of halogens is 3. The Bertz CT molecular complexity index is 884. The number of rotatable bonds is 4. The molecule has 1 N–H and O–H groups in total. The van der Waals surface area contributed by atoms with Gasteiger partial charge < -0.3 is 5.32 Å². The fraction of sp³-hybridized carbons (Fsp3) is 0.348. The van der Waals surface area contributed by atoms with E-state index in [4.69, 9.17) is 0 Å². The highest BCUT2D eigenvalue weighted by molar-refractivity contribution is 5.94. The second-order valence-electron chi connectivity index (χ2n) is 7.20. The first-order chi connectivity index (χ1) is 13.9. The van der Waals surface area contributed by atoms with Gasteiger partial charge in [0.2, 0.25) is 0 Å². The van der Waals surface area contributed by atoms with E-state index in [-0.39, 0.29) is 11.5 Å². The minimum atomic E-state index is -4.46. The number of hydrogen-bond acceptors (Lipinski definition) is 2. The molecule has 1 fully saturated rings. The highest BCUT2D eigenvalue weighted by Gasteiger charge is 2.31. The lowest BCUT2D eigenvalue weighted by Crippen LogP contribution is -2.41. The zero-order valence-electron chi connectivity index (χ0n) is 16.0. The first kappa shape index (κ1) is 20.9. The average Bonchev–Trinajstić information content (AvgIpc) is 2.73. The molecule has 0 aliphatic carbocycles. The maximum absolute atomic E-state index is 12.8. The first-order valence-electron chi connectivity index (χ1n) is 9.63. The van der Waals surface area contributed by atoms with Crippen LogP contribution in [0.15, 0.2) is 54.6 Å².